The van der Waals surface area contributed by atoms with Gasteiger partial charge in [-0.15, -0.1) is 0 Å². The molecule has 8 nitrogen and oxygen atoms in total. The molecule has 0 unspecified atom stereocenters. The number of carbonyl (C=O) groups excluding carboxylic acids is 3. The van der Waals surface area contributed by atoms with Gasteiger partial charge in [-0.3, -0.25) is 14.5 Å². The van der Waals surface area contributed by atoms with Crippen LogP contribution in [-0.4, -0.2) is 61.1 Å². The molecule has 2 aromatic carbocycles. The molecule has 2 N–H and O–H groups in total. The molecule has 2 saturated heterocycles. The van der Waals surface area contributed by atoms with E-state index in [2.05, 4.69) is 15.5 Å². The maximum atomic E-state index is 13.0. The van der Waals surface area contributed by atoms with Gasteiger partial charge in [0.05, 0.1) is 24.6 Å². The van der Waals surface area contributed by atoms with Crippen LogP contribution < -0.4 is 15.5 Å². The molecular formula is C24H28N4O4. The fraction of sp³-hybridized carbons (Fsp3) is 0.375. The summed E-state index contributed by atoms with van der Waals surface area (Å²) in [6, 6.07) is 16.8. The second-order valence-corrected chi connectivity index (χ2v) is 8.30. The molecule has 0 spiro atoms. The SMILES string of the molecule is C[C@@]1(CCc2ccccc2)NC(=O)N(CC(=O)Nc2ccccc2N2CCOCC2)C1=O. The van der Waals surface area contributed by atoms with Crippen LogP contribution in [0.1, 0.15) is 18.9 Å². The van der Waals surface area contributed by atoms with Gasteiger partial charge in [0.2, 0.25) is 5.91 Å². The third kappa shape index (κ3) is 4.75. The molecule has 168 valence electrons. The van der Waals surface area contributed by atoms with Gasteiger partial charge in [0.25, 0.3) is 5.91 Å². The monoisotopic (exact) mass is 436 g/mol. The molecule has 4 amide bonds. The van der Waals surface area contributed by atoms with Crippen LogP contribution in [-0.2, 0) is 20.7 Å². The maximum Gasteiger partial charge on any atom is 0.325 e. The van der Waals surface area contributed by atoms with Crippen LogP contribution in [0.5, 0.6) is 0 Å². The average molecular weight is 437 g/mol. The Morgan fingerprint density at radius 2 is 1.75 bits per heavy atom. The minimum absolute atomic E-state index is 0.330. The molecule has 2 aliphatic rings. The number of anilines is 2. The first-order chi connectivity index (χ1) is 15.5. The normalized spacial score (nSPS) is 20.9. The van der Waals surface area contributed by atoms with E-state index in [9.17, 15) is 14.4 Å². The summed E-state index contributed by atoms with van der Waals surface area (Å²) in [7, 11) is 0. The van der Waals surface area contributed by atoms with E-state index in [1.165, 1.54) is 0 Å². The van der Waals surface area contributed by atoms with Crippen molar-refractivity contribution in [3.8, 4) is 0 Å². The number of para-hydroxylation sites is 2. The Morgan fingerprint density at radius 3 is 2.50 bits per heavy atom. The number of hydrogen-bond donors (Lipinski definition) is 2. The smallest absolute Gasteiger partial charge is 0.325 e. The number of imide groups is 1. The zero-order valence-corrected chi connectivity index (χ0v) is 18.2. The highest BCUT2D eigenvalue weighted by Gasteiger charge is 2.47. The number of carbonyl (C=O) groups is 3. The van der Waals surface area contributed by atoms with Crippen LogP contribution in [0.15, 0.2) is 54.6 Å². The van der Waals surface area contributed by atoms with Crippen molar-refractivity contribution in [2.45, 2.75) is 25.3 Å². The van der Waals surface area contributed by atoms with Crippen molar-refractivity contribution in [2.24, 2.45) is 0 Å². The Kier molecular flexibility index (Phi) is 6.41. The summed E-state index contributed by atoms with van der Waals surface area (Å²) >= 11 is 0. The summed E-state index contributed by atoms with van der Waals surface area (Å²) < 4.78 is 5.40. The van der Waals surface area contributed by atoms with Gasteiger partial charge in [0.15, 0.2) is 0 Å². The number of nitrogens with zero attached hydrogens (tertiary/aromatic N) is 2. The van der Waals surface area contributed by atoms with Gasteiger partial charge in [-0.05, 0) is 37.5 Å². The van der Waals surface area contributed by atoms with Gasteiger partial charge in [-0.1, -0.05) is 42.5 Å². The number of amides is 4. The van der Waals surface area contributed by atoms with Gasteiger partial charge in [0, 0.05) is 13.1 Å². The van der Waals surface area contributed by atoms with E-state index in [0.29, 0.717) is 31.7 Å². The molecular weight excluding hydrogens is 408 g/mol. The van der Waals surface area contributed by atoms with Crippen molar-refractivity contribution < 1.29 is 19.1 Å². The van der Waals surface area contributed by atoms with Crippen molar-refractivity contribution in [3.63, 3.8) is 0 Å². The van der Waals surface area contributed by atoms with Gasteiger partial charge >= 0.3 is 6.03 Å². The van der Waals surface area contributed by atoms with Crippen molar-refractivity contribution in [1.82, 2.24) is 10.2 Å². The average Bonchev–Trinajstić information content (AvgIpc) is 3.02. The minimum atomic E-state index is -1.03. The van der Waals surface area contributed by atoms with Gasteiger partial charge in [0.1, 0.15) is 12.1 Å². The molecule has 1 atom stereocenters. The van der Waals surface area contributed by atoms with E-state index in [1.54, 1.807) is 6.92 Å². The van der Waals surface area contributed by atoms with E-state index >= 15 is 0 Å². The van der Waals surface area contributed by atoms with Crippen LogP contribution in [0.2, 0.25) is 0 Å². The molecule has 0 aliphatic carbocycles. The summed E-state index contributed by atoms with van der Waals surface area (Å²) in [5, 5.41) is 5.63. The Labute approximate surface area is 187 Å². The lowest BCUT2D eigenvalue weighted by Gasteiger charge is -2.30. The fourth-order valence-electron chi connectivity index (χ4n) is 4.09. The number of urea groups is 1. The molecule has 32 heavy (non-hydrogen) atoms. The predicted octanol–water partition coefficient (Wildman–Crippen LogP) is 2.41. The fourth-order valence-corrected chi connectivity index (χ4v) is 4.09. The highest BCUT2D eigenvalue weighted by Crippen LogP contribution is 2.27. The highest BCUT2D eigenvalue weighted by molar-refractivity contribution is 6.10. The number of hydrogen-bond acceptors (Lipinski definition) is 5. The number of morpholine rings is 1. The maximum absolute atomic E-state index is 13.0. The molecule has 2 fully saturated rings. The van der Waals surface area contributed by atoms with Crippen molar-refractivity contribution in [2.75, 3.05) is 43.1 Å². The zero-order chi connectivity index (χ0) is 22.6. The number of rotatable bonds is 7. The Hall–Kier alpha value is -3.39. The van der Waals surface area contributed by atoms with E-state index in [4.69, 9.17) is 4.74 Å². The van der Waals surface area contributed by atoms with Crippen molar-refractivity contribution >= 4 is 29.2 Å². The third-order valence-electron chi connectivity index (χ3n) is 5.93. The van der Waals surface area contributed by atoms with Gasteiger partial charge in [-0.25, -0.2) is 4.79 Å². The summed E-state index contributed by atoms with van der Waals surface area (Å²) in [5.74, 6) is -0.795. The quantitative estimate of drug-likeness (QED) is 0.651. The lowest BCUT2D eigenvalue weighted by atomic mass is 9.93. The van der Waals surface area contributed by atoms with Gasteiger partial charge in [-0.2, -0.15) is 0 Å². The Balaban J connectivity index is 1.39. The zero-order valence-electron chi connectivity index (χ0n) is 18.2. The number of ether oxygens (including phenoxy) is 1. The molecule has 2 aromatic rings. The summed E-state index contributed by atoms with van der Waals surface area (Å²) in [5.41, 5.74) is 1.61. The van der Waals surface area contributed by atoms with E-state index in [0.717, 1.165) is 29.2 Å². The molecule has 8 heteroatoms. The first-order valence-electron chi connectivity index (χ1n) is 10.9. The molecule has 0 radical (unpaired) electrons. The lowest BCUT2D eigenvalue weighted by Crippen LogP contribution is -2.45. The summed E-state index contributed by atoms with van der Waals surface area (Å²) in [6.07, 6.45) is 1.11. The topological polar surface area (TPSA) is 91.0 Å². The van der Waals surface area contributed by atoms with Crippen LogP contribution in [0.4, 0.5) is 16.2 Å². The summed E-state index contributed by atoms with van der Waals surface area (Å²) in [4.78, 5) is 41.4. The van der Waals surface area contributed by atoms with Crippen LogP contribution in [0, 0.1) is 0 Å². The molecule has 0 bridgehead atoms. The molecule has 2 heterocycles. The number of aryl methyl sites for hydroxylation is 1. The first kappa shape index (κ1) is 21.8. The Bertz CT molecular complexity index is 991. The molecule has 0 aromatic heterocycles. The minimum Gasteiger partial charge on any atom is -0.378 e. The van der Waals surface area contributed by atoms with E-state index in [-0.39, 0.29) is 12.5 Å². The molecule has 0 saturated carbocycles. The predicted molar refractivity (Wildman–Crippen MR) is 122 cm³/mol. The van der Waals surface area contributed by atoms with Crippen molar-refractivity contribution in [1.29, 1.82) is 0 Å². The van der Waals surface area contributed by atoms with Crippen LogP contribution in [0.3, 0.4) is 0 Å². The largest absolute Gasteiger partial charge is 0.378 e. The van der Waals surface area contributed by atoms with Gasteiger partial charge < -0.3 is 20.3 Å². The number of nitrogens with one attached hydrogen (secondary N) is 2. The second kappa shape index (κ2) is 9.40. The Morgan fingerprint density at radius 1 is 1.06 bits per heavy atom. The second-order valence-electron chi connectivity index (χ2n) is 8.30. The van der Waals surface area contributed by atoms with E-state index in [1.807, 2.05) is 54.6 Å². The van der Waals surface area contributed by atoms with Crippen LogP contribution >= 0.6 is 0 Å². The molecule has 4 rings (SSSR count). The third-order valence-corrected chi connectivity index (χ3v) is 5.93. The highest BCUT2D eigenvalue weighted by atomic mass is 16.5. The first-order valence-corrected chi connectivity index (χ1v) is 10.9. The standard InChI is InChI=1S/C24H28N4O4/c1-24(12-11-18-7-3-2-4-8-18)22(30)28(23(31)26-24)17-21(29)25-19-9-5-6-10-20(19)27-13-15-32-16-14-27/h2-10H,11-17H2,1H3,(H,25,29)(H,26,31)/t24-/m0/s1. The lowest BCUT2D eigenvalue weighted by molar-refractivity contribution is -0.133. The molecule has 2 aliphatic heterocycles. The van der Waals surface area contributed by atoms with Crippen LogP contribution in [0.25, 0.3) is 0 Å². The van der Waals surface area contributed by atoms with Crippen molar-refractivity contribution in [3.05, 3.63) is 60.2 Å². The summed E-state index contributed by atoms with van der Waals surface area (Å²) in [6.45, 7) is 4.11. The number of benzene rings is 2. The van der Waals surface area contributed by atoms with E-state index < -0.39 is 17.5 Å².